The number of allylic oxidation sites excluding steroid dienone is 3. The molecule has 1 heterocycles. The number of carbonyl (C=O) groups excluding carboxylic acids is 1. The van der Waals surface area contributed by atoms with Crippen molar-refractivity contribution in [3.05, 3.63) is 52.6 Å². The fourth-order valence-electron chi connectivity index (χ4n) is 4.09. The molecule has 0 unspecified atom stereocenters. The number of hydrogen-bond acceptors (Lipinski definition) is 3. The molecule has 0 bridgehead atoms. The highest BCUT2D eigenvalue weighted by Crippen LogP contribution is 2.33. The van der Waals surface area contributed by atoms with Crippen LogP contribution in [0.25, 0.3) is 5.57 Å². The maximum absolute atomic E-state index is 11.1. The van der Waals surface area contributed by atoms with E-state index in [0.717, 1.165) is 38.8 Å². The van der Waals surface area contributed by atoms with Gasteiger partial charge in [0.1, 0.15) is 0 Å². The summed E-state index contributed by atoms with van der Waals surface area (Å²) in [5.41, 5.74) is 6.47. The summed E-state index contributed by atoms with van der Waals surface area (Å²) in [4.78, 5) is 11.1. The molecule has 3 rings (SSSR count). The molecule has 26 heavy (non-hydrogen) atoms. The Balaban J connectivity index is 1.83. The van der Waals surface area contributed by atoms with E-state index in [1.807, 2.05) is 0 Å². The van der Waals surface area contributed by atoms with Gasteiger partial charge < -0.3 is 15.7 Å². The van der Waals surface area contributed by atoms with E-state index in [0.29, 0.717) is 6.54 Å². The number of nitrogens with one attached hydrogen (secondary N) is 2. The topological polar surface area (TPSA) is 61.4 Å². The van der Waals surface area contributed by atoms with Crippen LogP contribution in [0.4, 0.5) is 0 Å². The molecule has 4 nitrogen and oxygen atoms in total. The fraction of sp³-hybridized carbons (Fsp3) is 0.500. The lowest BCUT2D eigenvalue weighted by molar-refractivity contribution is -0.118. The van der Waals surface area contributed by atoms with E-state index in [1.165, 1.54) is 27.8 Å². The summed E-state index contributed by atoms with van der Waals surface area (Å²) >= 11 is 0. The molecule has 1 aromatic carbocycles. The molecule has 1 aliphatic carbocycles. The monoisotopic (exact) mass is 354 g/mol. The molecule has 1 saturated heterocycles. The van der Waals surface area contributed by atoms with Crippen LogP contribution in [0, 0.1) is 6.92 Å². The number of hydrogen-bond donors (Lipinski definition) is 3. The van der Waals surface area contributed by atoms with Gasteiger partial charge in [0.05, 0.1) is 6.10 Å². The molecule has 1 aromatic rings. The standard InChI is InChI=1S/C22H30N2O2/c1-15-13-18(7-8-19(15)21-14-23-11-10-22(21)26)20-6-4-3-5-17(20)9-12-24-16(2)25/h3,5,7-8,13,21-23,26H,4,6,9-12,14H2,1-2H3,(H,24,25)/t21-,22-/m1/s1. The zero-order chi connectivity index (χ0) is 18.5. The summed E-state index contributed by atoms with van der Waals surface area (Å²) < 4.78 is 0. The van der Waals surface area contributed by atoms with Crippen LogP contribution >= 0.6 is 0 Å². The van der Waals surface area contributed by atoms with Crippen LogP contribution in [0.5, 0.6) is 0 Å². The minimum absolute atomic E-state index is 0.0202. The third-order valence-corrected chi connectivity index (χ3v) is 5.50. The van der Waals surface area contributed by atoms with Gasteiger partial charge in [-0.05, 0) is 67.0 Å². The first-order valence-electron chi connectivity index (χ1n) is 9.69. The SMILES string of the molecule is CC(=O)NCCC1=C(c2ccc([C@H]3CNCC[C@H]3O)c(C)c2)CCC=C1. The van der Waals surface area contributed by atoms with Gasteiger partial charge in [-0.25, -0.2) is 0 Å². The Morgan fingerprint density at radius 3 is 2.96 bits per heavy atom. The Morgan fingerprint density at radius 1 is 1.38 bits per heavy atom. The third-order valence-electron chi connectivity index (χ3n) is 5.50. The number of aliphatic hydroxyl groups is 1. The van der Waals surface area contributed by atoms with Crippen molar-refractivity contribution in [2.45, 2.75) is 51.6 Å². The number of benzene rings is 1. The maximum Gasteiger partial charge on any atom is 0.216 e. The molecule has 2 atom stereocenters. The zero-order valence-electron chi connectivity index (χ0n) is 15.8. The second-order valence-corrected chi connectivity index (χ2v) is 7.42. The predicted molar refractivity (Wildman–Crippen MR) is 106 cm³/mol. The lowest BCUT2D eigenvalue weighted by Crippen LogP contribution is -2.38. The van der Waals surface area contributed by atoms with E-state index in [-0.39, 0.29) is 17.9 Å². The van der Waals surface area contributed by atoms with Gasteiger partial charge in [0, 0.05) is 25.9 Å². The Kier molecular flexibility index (Phi) is 6.28. The van der Waals surface area contributed by atoms with Crippen molar-refractivity contribution < 1.29 is 9.90 Å². The highest BCUT2D eigenvalue weighted by atomic mass is 16.3. The number of aliphatic hydroxyl groups excluding tert-OH is 1. The van der Waals surface area contributed by atoms with Crippen molar-refractivity contribution in [2.75, 3.05) is 19.6 Å². The first-order chi connectivity index (χ1) is 12.6. The minimum Gasteiger partial charge on any atom is -0.392 e. The van der Waals surface area contributed by atoms with Crippen LogP contribution in [-0.4, -0.2) is 36.8 Å². The van der Waals surface area contributed by atoms with Crippen LogP contribution in [0.3, 0.4) is 0 Å². The second-order valence-electron chi connectivity index (χ2n) is 7.42. The summed E-state index contributed by atoms with van der Waals surface area (Å²) in [5.74, 6) is 0.198. The Labute approximate surface area is 156 Å². The van der Waals surface area contributed by atoms with Crippen LogP contribution < -0.4 is 10.6 Å². The van der Waals surface area contributed by atoms with Crippen molar-refractivity contribution in [3.63, 3.8) is 0 Å². The lowest BCUT2D eigenvalue weighted by Gasteiger charge is -2.30. The quantitative estimate of drug-likeness (QED) is 0.762. The van der Waals surface area contributed by atoms with Gasteiger partial charge in [-0.2, -0.15) is 0 Å². The lowest BCUT2D eigenvalue weighted by atomic mass is 9.83. The van der Waals surface area contributed by atoms with Gasteiger partial charge in [-0.1, -0.05) is 30.4 Å². The number of aryl methyl sites for hydroxylation is 1. The fourth-order valence-corrected chi connectivity index (χ4v) is 4.09. The average molecular weight is 354 g/mol. The summed E-state index contributed by atoms with van der Waals surface area (Å²) in [6.45, 7) is 6.12. The van der Waals surface area contributed by atoms with E-state index in [2.05, 4.69) is 47.9 Å². The summed E-state index contributed by atoms with van der Waals surface area (Å²) in [5, 5.41) is 16.6. The molecule has 2 aliphatic rings. The molecule has 1 fully saturated rings. The Morgan fingerprint density at radius 2 is 2.23 bits per heavy atom. The molecule has 0 saturated carbocycles. The normalized spacial score (nSPS) is 23.2. The molecular weight excluding hydrogens is 324 g/mol. The Bertz CT molecular complexity index is 721. The second kappa shape index (κ2) is 8.65. The van der Waals surface area contributed by atoms with Crippen molar-refractivity contribution in [1.29, 1.82) is 0 Å². The summed E-state index contributed by atoms with van der Waals surface area (Å²) in [6.07, 6.45) is 7.94. The molecule has 1 aliphatic heterocycles. The third kappa shape index (κ3) is 4.43. The van der Waals surface area contributed by atoms with Crippen LogP contribution in [0.1, 0.15) is 55.2 Å². The highest BCUT2D eigenvalue weighted by molar-refractivity contribution is 5.74. The maximum atomic E-state index is 11.1. The Hall–Kier alpha value is -1.91. The number of amides is 1. The molecule has 140 valence electrons. The first kappa shape index (κ1) is 18.9. The van der Waals surface area contributed by atoms with Gasteiger partial charge in [-0.15, -0.1) is 0 Å². The molecule has 1 amide bonds. The molecular formula is C22H30N2O2. The summed E-state index contributed by atoms with van der Waals surface area (Å²) in [7, 11) is 0. The van der Waals surface area contributed by atoms with Gasteiger partial charge in [-0.3, -0.25) is 4.79 Å². The molecule has 0 radical (unpaired) electrons. The van der Waals surface area contributed by atoms with Gasteiger partial charge >= 0.3 is 0 Å². The zero-order valence-corrected chi connectivity index (χ0v) is 15.8. The van der Waals surface area contributed by atoms with Crippen LogP contribution in [-0.2, 0) is 4.79 Å². The van der Waals surface area contributed by atoms with Gasteiger partial charge in [0.15, 0.2) is 0 Å². The first-order valence-corrected chi connectivity index (χ1v) is 9.69. The minimum atomic E-state index is -0.258. The summed E-state index contributed by atoms with van der Waals surface area (Å²) in [6, 6.07) is 6.67. The smallest absolute Gasteiger partial charge is 0.216 e. The van der Waals surface area contributed by atoms with E-state index in [1.54, 1.807) is 6.92 Å². The number of carbonyl (C=O) groups is 1. The van der Waals surface area contributed by atoms with Crippen molar-refractivity contribution in [3.8, 4) is 0 Å². The van der Waals surface area contributed by atoms with Crippen molar-refractivity contribution in [2.24, 2.45) is 0 Å². The number of rotatable bonds is 5. The number of piperidine rings is 1. The van der Waals surface area contributed by atoms with Crippen LogP contribution in [0.2, 0.25) is 0 Å². The van der Waals surface area contributed by atoms with Gasteiger partial charge in [0.2, 0.25) is 5.91 Å². The molecule has 4 heteroatoms. The van der Waals surface area contributed by atoms with Crippen LogP contribution in [0.15, 0.2) is 35.9 Å². The van der Waals surface area contributed by atoms with E-state index < -0.39 is 0 Å². The largest absolute Gasteiger partial charge is 0.392 e. The molecule has 0 aromatic heterocycles. The average Bonchev–Trinajstić information content (AvgIpc) is 2.62. The predicted octanol–water partition coefficient (Wildman–Crippen LogP) is 3.06. The van der Waals surface area contributed by atoms with Crippen molar-refractivity contribution in [1.82, 2.24) is 10.6 Å². The van der Waals surface area contributed by atoms with E-state index in [9.17, 15) is 9.90 Å². The van der Waals surface area contributed by atoms with E-state index in [4.69, 9.17) is 0 Å². The van der Waals surface area contributed by atoms with E-state index >= 15 is 0 Å². The van der Waals surface area contributed by atoms with Crippen molar-refractivity contribution >= 4 is 11.5 Å². The molecule has 0 spiro atoms. The van der Waals surface area contributed by atoms with Gasteiger partial charge in [0.25, 0.3) is 0 Å². The molecule has 3 N–H and O–H groups in total. The highest BCUT2D eigenvalue weighted by Gasteiger charge is 2.25.